The van der Waals surface area contributed by atoms with Crippen LogP contribution in [-0.4, -0.2) is 228 Å². The molecule has 5 rings (SSSR count). The van der Waals surface area contributed by atoms with Crippen molar-refractivity contribution in [3.8, 4) is 0 Å². The van der Waals surface area contributed by atoms with Crippen molar-refractivity contribution in [3.63, 3.8) is 0 Å². The molecule has 1 aliphatic heterocycles. The number of thiocarbonyl (C=S) groups is 1. The molecule has 0 saturated carbocycles. The van der Waals surface area contributed by atoms with Gasteiger partial charge in [0.2, 0.25) is 29.5 Å². The van der Waals surface area contributed by atoms with Gasteiger partial charge < -0.3 is 83.6 Å². The van der Waals surface area contributed by atoms with E-state index in [-0.39, 0.29) is 127 Å². The molecule has 0 bridgehead atoms. The summed E-state index contributed by atoms with van der Waals surface area (Å²) in [6, 6.07) is 24.5. The topological polar surface area (TPSA) is 491 Å². The zero-order chi connectivity index (χ0) is 76.6. The molecule has 0 aromatic heterocycles. The summed E-state index contributed by atoms with van der Waals surface area (Å²) < 4.78 is 0. The van der Waals surface area contributed by atoms with Crippen molar-refractivity contribution in [1.29, 1.82) is 0 Å². The minimum atomic E-state index is -1.54. The molecule has 0 spiro atoms. The number of nitrogens with zero attached hydrogens (tertiary/aromatic N) is 3. The number of unbranched alkanes of at least 4 members (excludes halogenated alkanes) is 5. The van der Waals surface area contributed by atoms with Crippen LogP contribution in [0.4, 0.5) is 10.5 Å². The van der Waals surface area contributed by atoms with Gasteiger partial charge in [-0.25, -0.2) is 24.0 Å². The Morgan fingerprint density at radius 1 is 0.429 bits per heavy atom. The van der Waals surface area contributed by atoms with Crippen LogP contribution in [0.2, 0.25) is 0 Å². The second kappa shape index (κ2) is 45.9. The Kier molecular flexibility index (Phi) is 37.1. The first-order chi connectivity index (χ1) is 50.2. The number of aliphatic imine (C=N–C) groups is 1. The smallest absolute Gasteiger partial charge is 0.351 e. The standard InChI is InChI=1S/C72H94N12O20S/c85-59(73-34-16-14-25-53(68(98)99)80-71(104)81-54(69(100)101)32-33-61(87)88)26-12-1-2-13-27-60(86)77-52(67(96)97)24-15-17-35-74-64(93)55(39-46-18-6-3-7-19-46)78-65(94)56(40-47-20-8-4-9-21-47)79-66(95)57(41-48-22-10-5-11-23-48)82-72(105)76-50-30-28-49(29-31-50)38-51-42-83(44-62(89)90)36-37-84(45-63(91)92)43-58(75-51)70(102)103/h3-11,18-23,28-31,51-57H,1-2,12-17,24-27,32-45H2,(H,73,85)(H,74,93)(H,77,86)(H,78,94)(H,79,95)(H,87,88)(H,89,90)(H,91,92)(H,96,97)(H,98,99)(H,100,101)(H,102,103)(H2,76,82,105)(H2,80,81,104)/t51?,52?,53-,54-,55?,56?,57?/m0/s1. The van der Waals surface area contributed by atoms with Crippen LogP contribution in [0, 0.1) is 0 Å². The molecule has 4 aromatic rings. The van der Waals surface area contributed by atoms with Crippen molar-refractivity contribution in [2.45, 2.75) is 158 Å². The Morgan fingerprint density at radius 3 is 1.36 bits per heavy atom. The third-order valence-electron chi connectivity index (χ3n) is 16.8. The number of amides is 7. The van der Waals surface area contributed by atoms with Gasteiger partial charge in [-0.1, -0.05) is 116 Å². The number of nitrogens with one attached hydrogen (secondary N) is 9. The highest BCUT2D eigenvalue weighted by Gasteiger charge is 2.32. The maximum atomic E-state index is 14.7. The molecule has 7 atom stereocenters. The lowest BCUT2D eigenvalue weighted by molar-refractivity contribution is -0.142. The van der Waals surface area contributed by atoms with Gasteiger partial charge in [0.25, 0.3) is 0 Å². The maximum Gasteiger partial charge on any atom is 0.351 e. The normalized spacial score (nSPS) is 14.9. The fourth-order valence-electron chi connectivity index (χ4n) is 11.4. The quantitative estimate of drug-likeness (QED) is 0.0223. The number of carbonyl (C=O) groups excluding carboxylic acids is 6. The van der Waals surface area contributed by atoms with Gasteiger partial charge >= 0.3 is 47.8 Å². The average molecular weight is 1480 g/mol. The molecule has 5 unspecified atom stereocenters. The fourth-order valence-corrected chi connectivity index (χ4v) is 11.7. The number of urea groups is 1. The van der Waals surface area contributed by atoms with Gasteiger partial charge in [0.15, 0.2) is 5.11 Å². The van der Waals surface area contributed by atoms with Crippen LogP contribution in [-0.2, 0) is 83.2 Å². The molecule has 32 nitrogen and oxygen atoms in total. The van der Waals surface area contributed by atoms with E-state index in [0.29, 0.717) is 60.9 Å². The van der Waals surface area contributed by atoms with Crippen LogP contribution in [0.5, 0.6) is 0 Å². The lowest BCUT2D eigenvalue weighted by Gasteiger charge is -2.26. The molecular weight excluding hydrogens is 1380 g/mol. The molecule has 33 heteroatoms. The number of aliphatic carboxylic acids is 7. The number of benzene rings is 4. The predicted octanol–water partition coefficient (Wildman–Crippen LogP) is 2.82. The minimum Gasteiger partial charge on any atom is -0.481 e. The SMILES string of the molecule is O=C(O)CC[C@H](NC(=O)N[C@@H](CCCCNC(=O)CCCCCCC(=O)NC(CCCCNC(=O)C(Cc1ccccc1)NC(=O)C(Cc1ccccc1)NC(=O)C(Cc1ccccc1)NC(=S)Nc1ccc(CC2CN(CC(=O)O)CCN(CC(=O)O)CC(C(=O)O)=N2)cc1)C(=O)O)C(=O)O)C(=O)O. The molecule has 4 aromatic carbocycles. The van der Waals surface area contributed by atoms with Gasteiger partial charge in [0.1, 0.15) is 42.0 Å². The number of carbonyl (C=O) groups is 13. The van der Waals surface area contributed by atoms with Crippen LogP contribution < -0.4 is 47.9 Å². The van der Waals surface area contributed by atoms with Gasteiger partial charge in [0, 0.05) is 83.5 Å². The van der Waals surface area contributed by atoms with Crippen molar-refractivity contribution in [2.24, 2.45) is 4.99 Å². The Labute approximate surface area is 611 Å². The lowest BCUT2D eigenvalue weighted by Crippen LogP contribution is -2.58. The Balaban J connectivity index is 1.12. The monoisotopic (exact) mass is 1480 g/mol. The van der Waals surface area contributed by atoms with Gasteiger partial charge in [-0.3, -0.25) is 53.1 Å². The van der Waals surface area contributed by atoms with E-state index in [1.807, 2.05) is 30.3 Å². The second-order valence-electron chi connectivity index (χ2n) is 25.3. The van der Waals surface area contributed by atoms with Crippen molar-refractivity contribution in [2.75, 3.05) is 57.7 Å². The summed E-state index contributed by atoms with van der Waals surface area (Å²) in [5, 5.41) is 91.1. The predicted molar refractivity (Wildman–Crippen MR) is 387 cm³/mol. The van der Waals surface area contributed by atoms with Crippen molar-refractivity contribution in [3.05, 3.63) is 138 Å². The second-order valence-corrected chi connectivity index (χ2v) is 25.8. The highest BCUT2D eigenvalue weighted by atomic mass is 32.1. The molecule has 568 valence electrons. The first-order valence-electron chi connectivity index (χ1n) is 34.6. The van der Waals surface area contributed by atoms with Crippen molar-refractivity contribution >= 4 is 106 Å². The van der Waals surface area contributed by atoms with Crippen LogP contribution >= 0.6 is 12.2 Å². The first-order valence-corrected chi connectivity index (χ1v) is 35.0. The maximum absolute atomic E-state index is 14.7. The van der Waals surface area contributed by atoms with Crippen LogP contribution in [0.1, 0.15) is 112 Å². The van der Waals surface area contributed by atoms with Crippen molar-refractivity contribution in [1.82, 2.24) is 52.3 Å². The summed E-state index contributed by atoms with van der Waals surface area (Å²) in [5.41, 5.74) is 3.11. The molecule has 16 N–H and O–H groups in total. The van der Waals surface area contributed by atoms with E-state index in [1.54, 1.807) is 89.8 Å². The molecule has 7 amide bonds. The summed E-state index contributed by atoms with van der Waals surface area (Å²) >= 11 is 5.78. The van der Waals surface area contributed by atoms with Gasteiger partial charge in [-0.2, -0.15) is 0 Å². The molecule has 1 heterocycles. The third kappa shape index (κ3) is 34.3. The zero-order valence-corrected chi connectivity index (χ0v) is 58.9. The summed E-state index contributed by atoms with van der Waals surface area (Å²) in [6.45, 7) is -0.479. The molecule has 1 aliphatic rings. The van der Waals surface area contributed by atoms with E-state index in [0.717, 1.165) is 5.56 Å². The Morgan fingerprint density at radius 2 is 0.876 bits per heavy atom. The largest absolute Gasteiger partial charge is 0.481 e. The van der Waals surface area contributed by atoms with E-state index in [4.69, 9.17) is 17.3 Å². The molecule has 105 heavy (non-hydrogen) atoms. The number of hydrogen-bond acceptors (Lipinski definition) is 17. The summed E-state index contributed by atoms with van der Waals surface area (Å²) in [5.74, 6) is -11.5. The minimum absolute atomic E-state index is 0.0146. The van der Waals surface area contributed by atoms with E-state index >= 15 is 0 Å². The molecular formula is C72H94N12O20S. The molecule has 0 fully saturated rings. The number of anilines is 1. The highest BCUT2D eigenvalue weighted by Crippen LogP contribution is 2.17. The van der Waals surface area contributed by atoms with E-state index in [1.165, 1.54) is 4.90 Å². The van der Waals surface area contributed by atoms with Crippen LogP contribution in [0.3, 0.4) is 0 Å². The Bertz CT molecular complexity index is 3600. The molecule has 0 radical (unpaired) electrons. The fraction of sp³-hybridized carbons (Fsp3) is 0.458. The summed E-state index contributed by atoms with van der Waals surface area (Å²) in [6.07, 6.45) is 2.99. The third-order valence-corrected chi connectivity index (χ3v) is 17.0. The number of carboxylic acids is 7. The average Bonchev–Trinajstić information content (AvgIpc) is 1.37. The van der Waals surface area contributed by atoms with E-state index < -0.39 is 133 Å². The van der Waals surface area contributed by atoms with Gasteiger partial charge in [0.05, 0.1) is 19.1 Å². The van der Waals surface area contributed by atoms with Gasteiger partial charge in [-0.15, -0.1) is 0 Å². The first kappa shape index (κ1) is 84.7. The van der Waals surface area contributed by atoms with Gasteiger partial charge in [-0.05, 0) is 111 Å². The zero-order valence-electron chi connectivity index (χ0n) is 58.1. The van der Waals surface area contributed by atoms with Crippen LogP contribution in [0.15, 0.2) is 120 Å². The molecule has 0 saturated heterocycles. The summed E-state index contributed by atoms with van der Waals surface area (Å²) in [7, 11) is 0. The summed E-state index contributed by atoms with van der Waals surface area (Å²) in [4.78, 5) is 170. The van der Waals surface area contributed by atoms with E-state index in [9.17, 15) is 93.0 Å². The van der Waals surface area contributed by atoms with Crippen molar-refractivity contribution < 1.29 is 98.1 Å². The Hall–Kier alpha value is -10.9. The number of carboxylic acid groups (broad SMARTS) is 7. The number of rotatable bonds is 46. The lowest BCUT2D eigenvalue weighted by atomic mass is 10.0. The molecule has 0 aliphatic carbocycles. The number of hydrogen-bond donors (Lipinski definition) is 16. The highest BCUT2D eigenvalue weighted by molar-refractivity contribution is 7.80. The van der Waals surface area contributed by atoms with E-state index in [2.05, 4.69) is 52.8 Å². The van der Waals surface area contributed by atoms with Crippen LogP contribution in [0.25, 0.3) is 0 Å².